The summed E-state index contributed by atoms with van der Waals surface area (Å²) >= 11 is 1.64. The molecule has 0 saturated heterocycles. The van der Waals surface area contributed by atoms with Crippen molar-refractivity contribution >= 4 is 27.3 Å². The molecule has 1 aromatic rings. The second-order valence-electron chi connectivity index (χ2n) is 4.22. The highest BCUT2D eigenvalue weighted by molar-refractivity contribution is 7.98. The van der Waals surface area contributed by atoms with Gasteiger partial charge in [0.2, 0.25) is 0 Å². The maximum absolute atomic E-state index is 13.1. The number of hydrogen-bond acceptors (Lipinski definition) is 4. The van der Waals surface area contributed by atoms with Crippen molar-refractivity contribution in [3.05, 3.63) is 24.0 Å². The highest BCUT2D eigenvalue weighted by Crippen LogP contribution is 2.34. The van der Waals surface area contributed by atoms with Gasteiger partial charge in [-0.3, -0.25) is 0 Å². The number of thioether (sulfide) groups is 1. The molecule has 0 fully saturated rings. The molecule has 0 spiro atoms. The van der Waals surface area contributed by atoms with Crippen molar-refractivity contribution in [3.63, 3.8) is 0 Å². The number of hydrogen-bond donors (Lipinski definition) is 1. The van der Waals surface area contributed by atoms with Crippen molar-refractivity contribution in [2.45, 2.75) is 23.2 Å². The van der Waals surface area contributed by atoms with Crippen LogP contribution >= 0.6 is 11.8 Å². The third kappa shape index (κ3) is 4.77. The van der Waals surface area contributed by atoms with Gasteiger partial charge in [-0.25, -0.2) is 12.8 Å². The van der Waals surface area contributed by atoms with Gasteiger partial charge in [0.25, 0.3) is 9.84 Å². The van der Waals surface area contributed by atoms with E-state index < -0.39 is 26.1 Å². The number of unbranched alkanes of at least 4 members (excludes halogenated alkanes) is 1. The summed E-state index contributed by atoms with van der Waals surface area (Å²) in [7, 11) is -5.58. The molecule has 0 radical (unpaired) electrons. The monoisotopic (exact) mass is 345 g/mol. The Morgan fingerprint density at radius 2 is 1.90 bits per heavy atom. The number of benzene rings is 1. The molecule has 9 heteroatoms. The van der Waals surface area contributed by atoms with E-state index in [-0.39, 0.29) is 5.69 Å². The van der Waals surface area contributed by atoms with Crippen LogP contribution in [0.5, 0.6) is 0 Å². The number of rotatable bonds is 7. The molecule has 0 unspecified atom stereocenters. The molecule has 1 N–H and O–H groups in total. The average molecular weight is 345 g/mol. The second-order valence-corrected chi connectivity index (χ2v) is 7.11. The molecule has 0 amide bonds. The molecule has 0 aliphatic rings. The largest absolute Gasteiger partial charge is 0.501 e. The first-order valence-corrected chi connectivity index (χ1v) is 8.91. The van der Waals surface area contributed by atoms with Crippen LogP contribution in [0.25, 0.3) is 0 Å². The topological polar surface area (TPSA) is 46.2 Å². The molecule has 0 aliphatic carbocycles. The summed E-state index contributed by atoms with van der Waals surface area (Å²) < 4.78 is 73.7. The molecule has 0 aromatic heterocycles. The minimum Gasteiger partial charge on any atom is -0.384 e. The summed E-state index contributed by atoms with van der Waals surface area (Å²) in [5.74, 6) is -0.135. The zero-order valence-corrected chi connectivity index (χ0v) is 12.8. The van der Waals surface area contributed by atoms with Crippen molar-refractivity contribution in [2.75, 3.05) is 23.9 Å². The van der Waals surface area contributed by atoms with E-state index in [0.717, 1.165) is 24.3 Å². The number of alkyl halides is 3. The number of nitrogens with one attached hydrogen (secondary N) is 1. The fourth-order valence-electron chi connectivity index (χ4n) is 1.58. The maximum Gasteiger partial charge on any atom is 0.501 e. The zero-order chi connectivity index (χ0) is 16.1. The van der Waals surface area contributed by atoms with Crippen molar-refractivity contribution in [3.8, 4) is 0 Å². The Bertz CT molecular complexity index is 573. The molecule has 0 saturated carbocycles. The van der Waals surface area contributed by atoms with Crippen LogP contribution < -0.4 is 5.32 Å². The van der Waals surface area contributed by atoms with Crippen molar-refractivity contribution in [1.82, 2.24) is 0 Å². The Kier molecular flexibility index (Phi) is 6.33. The van der Waals surface area contributed by atoms with Crippen LogP contribution in [0.4, 0.5) is 23.2 Å². The average Bonchev–Trinajstić information content (AvgIpc) is 2.38. The first-order valence-electron chi connectivity index (χ1n) is 6.04. The highest BCUT2D eigenvalue weighted by atomic mass is 32.2. The first-order chi connectivity index (χ1) is 9.70. The fraction of sp³-hybridized carbons (Fsp3) is 0.500. The van der Waals surface area contributed by atoms with Crippen LogP contribution in [0.1, 0.15) is 12.8 Å². The number of halogens is 4. The van der Waals surface area contributed by atoms with E-state index in [1.807, 2.05) is 6.26 Å². The van der Waals surface area contributed by atoms with Gasteiger partial charge in [0.1, 0.15) is 10.7 Å². The highest BCUT2D eigenvalue weighted by Gasteiger charge is 2.48. The number of sulfone groups is 1. The third-order valence-electron chi connectivity index (χ3n) is 2.63. The summed E-state index contributed by atoms with van der Waals surface area (Å²) in [6.07, 6.45) is 3.45. The normalized spacial score (nSPS) is 12.4. The number of anilines is 1. The Morgan fingerprint density at radius 1 is 1.24 bits per heavy atom. The van der Waals surface area contributed by atoms with Gasteiger partial charge in [-0.05, 0) is 43.0 Å². The standard InChI is InChI=1S/C12H15F4NO2S2/c1-20-7-3-2-6-17-10-5-4-9(13)8-11(10)21(18,19)12(14,15)16/h4-5,8,17H,2-3,6-7H2,1H3. The van der Waals surface area contributed by atoms with Gasteiger partial charge < -0.3 is 5.32 Å². The van der Waals surface area contributed by atoms with E-state index in [9.17, 15) is 26.0 Å². The van der Waals surface area contributed by atoms with E-state index in [1.54, 1.807) is 11.8 Å². The minimum atomic E-state index is -5.58. The molecule has 0 aliphatic heterocycles. The van der Waals surface area contributed by atoms with Crippen LogP contribution in [0.15, 0.2) is 23.1 Å². The fourth-order valence-corrected chi connectivity index (χ4v) is 3.02. The SMILES string of the molecule is CSCCCCNc1ccc(F)cc1S(=O)(=O)C(F)(F)F. The summed E-state index contributed by atoms with van der Waals surface area (Å²) in [5, 5.41) is 2.62. The Morgan fingerprint density at radius 3 is 2.48 bits per heavy atom. The molecule has 0 bridgehead atoms. The molecule has 3 nitrogen and oxygen atoms in total. The predicted octanol–water partition coefficient (Wildman–Crippen LogP) is 3.67. The van der Waals surface area contributed by atoms with Crippen LogP contribution in [0.3, 0.4) is 0 Å². The van der Waals surface area contributed by atoms with Gasteiger partial charge in [-0.2, -0.15) is 24.9 Å². The lowest BCUT2D eigenvalue weighted by atomic mass is 10.3. The summed E-state index contributed by atoms with van der Waals surface area (Å²) in [5.41, 5.74) is -5.70. The maximum atomic E-state index is 13.1. The smallest absolute Gasteiger partial charge is 0.384 e. The summed E-state index contributed by atoms with van der Waals surface area (Å²) in [6, 6.07) is 2.30. The van der Waals surface area contributed by atoms with Crippen LogP contribution in [-0.4, -0.2) is 32.5 Å². The minimum absolute atomic E-state index is 0.238. The molecule has 1 aromatic carbocycles. The van der Waals surface area contributed by atoms with E-state index >= 15 is 0 Å². The molecule has 120 valence electrons. The van der Waals surface area contributed by atoms with Crippen molar-refractivity contribution < 1.29 is 26.0 Å². The van der Waals surface area contributed by atoms with Gasteiger partial charge in [0, 0.05) is 6.54 Å². The molecule has 21 heavy (non-hydrogen) atoms. The summed E-state index contributed by atoms with van der Waals surface area (Å²) in [4.78, 5) is -1.08. The Balaban J connectivity index is 2.96. The third-order valence-corrected chi connectivity index (χ3v) is 4.85. The van der Waals surface area contributed by atoms with Crippen LogP contribution in [-0.2, 0) is 9.84 Å². The van der Waals surface area contributed by atoms with Gasteiger partial charge in [0.15, 0.2) is 0 Å². The quantitative estimate of drug-likeness (QED) is 0.605. The second kappa shape index (κ2) is 7.35. The molecular formula is C12H15F4NO2S2. The predicted molar refractivity (Wildman–Crippen MR) is 75.7 cm³/mol. The summed E-state index contributed by atoms with van der Waals surface area (Å²) in [6.45, 7) is 0.312. The van der Waals surface area contributed by atoms with Crippen LogP contribution in [0.2, 0.25) is 0 Å². The van der Waals surface area contributed by atoms with Crippen molar-refractivity contribution in [1.29, 1.82) is 0 Å². The molecule has 1 rings (SSSR count). The molecule has 0 atom stereocenters. The lowest BCUT2D eigenvalue weighted by molar-refractivity contribution is -0.0435. The first kappa shape index (κ1) is 18.1. The Labute approximate surface area is 125 Å². The van der Waals surface area contributed by atoms with Gasteiger partial charge in [-0.1, -0.05) is 0 Å². The molecular weight excluding hydrogens is 330 g/mol. The lowest BCUT2D eigenvalue weighted by Crippen LogP contribution is -2.24. The molecule has 0 heterocycles. The van der Waals surface area contributed by atoms with E-state index in [1.165, 1.54) is 0 Å². The van der Waals surface area contributed by atoms with E-state index in [0.29, 0.717) is 19.0 Å². The van der Waals surface area contributed by atoms with Crippen molar-refractivity contribution in [2.24, 2.45) is 0 Å². The van der Waals surface area contributed by atoms with Gasteiger partial charge in [-0.15, -0.1) is 0 Å². The van der Waals surface area contributed by atoms with E-state index in [4.69, 9.17) is 0 Å². The Hall–Kier alpha value is -0.960. The van der Waals surface area contributed by atoms with E-state index in [2.05, 4.69) is 5.32 Å². The lowest BCUT2D eigenvalue weighted by Gasteiger charge is -2.14. The zero-order valence-electron chi connectivity index (χ0n) is 11.2. The van der Waals surface area contributed by atoms with Gasteiger partial charge >= 0.3 is 5.51 Å². The van der Waals surface area contributed by atoms with Crippen LogP contribution in [0, 0.1) is 5.82 Å². The van der Waals surface area contributed by atoms with Gasteiger partial charge in [0.05, 0.1) is 5.69 Å².